The SMILES string of the molecule is CC(C)(C(=O)C1CC1)C(=O)N1C[C@]2(C[C@H]1C#N)C(=O)Nc1ccccc12. The summed E-state index contributed by atoms with van der Waals surface area (Å²) in [5.74, 6) is -0.631. The molecule has 134 valence electrons. The van der Waals surface area contributed by atoms with E-state index in [9.17, 15) is 19.6 Å². The van der Waals surface area contributed by atoms with E-state index in [2.05, 4.69) is 11.4 Å². The molecule has 1 N–H and O–H groups in total. The van der Waals surface area contributed by atoms with Gasteiger partial charge in [0.05, 0.1) is 11.5 Å². The van der Waals surface area contributed by atoms with Gasteiger partial charge in [-0.3, -0.25) is 14.4 Å². The predicted molar refractivity (Wildman–Crippen MR) is 94.0 cm³/mol. The lowest BCUT2D eigenvalue weighted by atomic mass is 9.79. The van der Waals surface area contributed by atoms with Crippen LogP contribution in [0, 0.1) is 22.7 Å². The highest BCUT2D eigenvalue weighted by molar-refractivity contribution is 6.10. The highest BCUT2D eigenvalue weighted by Gasteiger charge is 2.58. The van der Waals surface area contributed by atoms with E-state index in [0.717, 1.165) is 24.1 Å². The molecule has 26 heavy (non-hydrogen) atoms. The average molecular weight is 351 g/mol. The Morgan fingerprint density at radius 1 is 1.31 bits per heavy atom. The van der Waals surface area contributed by atoms with Crippen LogP contribution in [-0.4, -0.2) is 35.1 Å². The Hall–Kier alpha value is -2.68. The van der Waals surface area contributed by atoms with Crippen LogP contribution in [0.15, 0.2) is 24.3 Å². The van der Waals surface area contributed by atoms with Crippen LogP contribution in [0.25, 0.3) is 0 Å². The lowest BCUT2D eigenvalue weighted by Crippen LogP contribution is -2.48. The second-order valence-electron chi connectivity index (χ2n) is 8.13. The Balaban J connectivity index is 1.69. The Bertz CT molecular complexity index is 865. The van der Waals surface area contributed by atoms with Crippen molar-refractivity contribution >= 4 is 23.3 Å². The van der Waals surface area contributed by atoms with Crippen LogP contribution < -0.4 is 5.32 Å². The summed E-state index contributed by atoms with van der Waals surface area (Å²) in [6, 6.07) is 8.85. The summed E-state index contributed by atoms with van der Waals surface area (Å²) in [5.41, 5.74) is -0.523. The molecule has 1 aromatic rings. The number of para-hydroxylation sites is 1. The molecule has 2 aliphatic heterocycles. The number of carbonyl (C=O) groups excluding carboxylic acids is 3. The third kappa shape index (κ3) is 2.20. The number of benzene rings is 1. The molecule has 1 spiro atoms. The van der Waals surface area contributed by atoms with Crippen LogP contribution in [0.4, 0.5) is 5.69 Å². The van der Waals surface area contributed by atoms with Gasteiger partial charge in [0.2, 0.25) is 11.8 Å². The standard InChI is InChI=1S/C20H21N3O3/c1-19(2,16(24)12-7-8-12)18(26)23-11-20(9-13(23)10-21)14-5-3-4-6-15(14)22-17(20)25/h3-6,12-13H,7-9,11H2,1-2H3,(H,22,25)/t13-,20-/m0/s1. The van der Waals surface area contributed by atoms with E-state index in [1.54, 1.807) is 13.8 Å². The first-order valence-corrected chi connectivity index (χ1v) is 8.97. The quantitative estimate of drug-likeness (QED) is 0.844. The number of hydrogen-bond acceptors (Lipinski definition) is 4. The number of rotatable bonds is 3. The summed E-state index contributed by atoms with van der Waals surface area (Å²) >= 11 is 0. The van der Waals surface area contributed by atoms with E-state index >= 15 is 0 Å². The highest BCUT2D eigenvalue weighted by atomic mass is 16.2. The molecule has 0 radical (unpaired) electrons. The Kier molecular flexibility index (Phi) is 3.49. The van der Waals surface area contributed by atoms with Gasteiger partial charge in [-0.25, -0.2) is 0 Å². The summed E-state index contributed by atoms with van der Waals surface area (Å²) in [6.07, 6.45) is 1.92. The number of amides is 2. The summed E-state index contributed by atoms with van der Waals surface area (Å²) in [7, 11) is 0. The first kappa shape index (κ1) is 16.8. The maximum atomic E-state index is 13.2. The van der Waals surface area contributed by atoms with Crippen molar-refractivity contribution in [3.8, 4) is 6.07 Å². The van der Waals surface area contributed by atoms with E-state index in [1.165, 1.54) is 4.90 Å². The van der Waals surface area contributed by atoms with Gasteiger partial charge >= 0.3 is 0 Å². The van der Waals surface area contributed by atoms with E-state index in [4.69, 9.17) is 0 Å². The lowest BCUT2D eigenvalue weighted by Gasteiger charge is -2.30. The minimum atomic E-state index is -1.17. The van der Waals surface area contributed by atoms with Gasteiger partial charge < -0.3 is 10.2 Å². The number of carbonyl (C=O) groups is 3. The third-order valence-corrected chi connectivity index (χ3v) is 5.99. The van der Waals surface area contributed by atoms with Crippen LogP contribution in [0.5, 0.6) is 0 Å². The van der Waals surface area contributed by atoms with Gasteiger partial charge in [0, 0.05) is 24.6 Å². The molecule has 2 heterocycles. The highest BCUT2D eigenvalue weighted by Crippen LogP contribution is 2.47. The zero-order chi connectivity index (χ0) is 18.7. The number of nitriles is 1. The van der Waals surface area contributed by atoms with Gasteiger partial charge in [-0.1, -0.05) is 18.2 Å². The maximum absolute atomic E-state index is 13.2. The molecule has 4 rings (SSSR count). The van der Waals surface area contributed by atoms with Crippen molar-refractivity contribution in [2.24, 2.45) is 11.3 Å². The number of Topliss-reactive ketones (excluding diaryl/α,β-unsaturated/α-hetero) is 1. The minimum Gasteiger partial charge on any atom is -0.325 e. The largest absolute Gasteiger partial charge is 0.325 e. The summed E-state index contributed by atoms with van der Waals surface area (Å²) < 4.78 is 0. The average Bonchev–Trinajstić information content (AvgIpc) is 3.35. The van der Waals surface area contributed by atoms with Crippen LogP contribution in [-0.2, 0) is 19.8 Å². The van der Waals surface area contributed by atoms with Crippen molar-refractivity contribution in [3.63, 3.8) is 0 Å². The van der Waals surface area contributed by atoms with Crippen LogP contribution in [0.1, 0.15) is 38.7 Å². The van der Waals surface area contributed by atoms with E-state index in [0.29, 0.717) is 0 Å². The van der Waals surface area contributed by atoms with E-state index in [1.807, 2.05) is 24.3 Å². The van der Waals surface area contributed by atoms with Crippen molar-refractivity contribution in [2.45, 2.75) is 44.6 Å². The van der Waals surface area contributed by atoms with Crippen molar-refractivity contribution in [1.82, 2.24) is 4.90 Å². The second-order valence-corrected chi connectivity index (χ2v) is 8.13. The van der Waals surface area contributed by atoms with Gasteiger partial charge in [0.15, 0.2) is 5.78 Å². The number of anilines is 1. The number of nitrogens with zero attached hydrogens (tertiary/aromatic N) is 2. The summed E-state index contributed by atoms with van der Waals surface area (Å²) in [6.45, 7) is 3.41. The molecule has 1 saturated carbocycles. The maximum Gasteiger partial charge on any atom is 0.237 e. The second kappa shape index (κ2) is 5.41. The molecule has 0 aromatic heterocycles. The first-order valence-electron chi connectivity index (χ1n) is 8.97. The molecule has 1 aliphatic carbocycles. The van der Waals surface area contributed by atoms with Crippen LogP contribution in [0.3, 0.4) is 0 Å². The topological polar surface area (TPSA) is 90.3 Å². The number of likely N-dealkylation sites (tertiary alicyclic amines) is 1. The molecular weight excluding hydrogens is 330 g/mol. The first-order chi connectivity index (χ1) is 12.3. The molecule has 1 aromatic carbocycles. The number of nitrogens with one attached hydrogen (secondary N) is 1. The normalized spacial score (nSPS) is 27.2. The van der Waals surface area contributed by atoms with Crippen molar-refractivity contribution in [3.05, 3.63) is 29.8 Å². The molecule has 2 atom stereocenters. The van der Waals surface area contributed by atoms with Gasteiger partial charge in [-0.15, -0.1) is 0 Å². The number of ketones is 1. The molecule has 6 nitrogen and oxygen atoms in total. The van der Waals surface area contributed by atoms with Crippen molar-refractivity contribution in [2.75, 3.05) is 11.9 Å². The van der Waals surface area contributed by atoms with Gasteiger partial charge in [-0.05, 0) is 38.3 Å². The van der Waals surface area contributed by atoms with E-state index in [-0.39, 0.29) is 36.5 Å². The zero-order valence-electron chi connectivity index (χ0n) is 14.9. The monoisotopic (exact) mass is 351 g/mol. The number of fused-ring (bicyclic) bond motifs is 2. The fourth-order valence-electron chi connectivity index (χ4n) is 4.29. The third-order valence-electron chi connectivity index (χ3n) is 5.99. The zero-order valence-corrected chi connectivity index (χ0v) is 14.9. The fraction of sp³-hybridized carbons (Fsp3) is 0.500. The van der Waals surface area contributed by atoms with Gasteiger partial charge in [-0.2, -0.15) is 5.26 Å². The lowest BCUT2D eigenvalue weighted by molar-refractivity contribution is -0.148. The molecule has 3 aliphatic rings. The Labute approximate surface area is 152 Å². The molecule has 6 heteroatoms. The van der Waals surface area contributed by atoms with Crippen LogP contribution in [0.2, 0.25) is 0 Å². The molecule has 0 unspecified atom stereocenters. The molecule has 0 bridgehead atoms. The smallest absolute Gasteiger partial charge is 0.237 e. The minimum absolute atomic E-state index is 0.0402. The Morgan fingerprint density at radius 2 is 2.00 bits per heavy atom. The molecular formula is C20H21N3O3. The molecule has 2 fully saturated rings. The van der Waals surface area contributed by atoms with Crippen molar-refractivity contribution in [1.29, 1.82) is 5.26 Å². The predicted octanol–water partition coefficient (Wildman–Crippen LogP) is 2.01. The Morgan fingerprint density at radius 3 is 2.65 bits per heavy atom. The van der Waals surface area contributed by atoms with Gasteiger partial charge in [0.1, 0.15) is 11.5 Å². The van der Waals surface area contributed by atoms with E-state index < -0.39 is 16.9 Å². The summed E-state index contributed by atoms with van der Waals surface area (Å²) in [5, 5.41) is 12.5. The van der Waals surface area contributed by atoms with Crippen LogP contribution >= 0.6 is 0 Å². The summed E-state index contributed by atoms with van der Waals surface area (Å²) in [4.78, 5) is 40.0. The number of hydrogen-bond donors (Lipinski definition) is 1. The fourth-order valence-corrected chi connectivity index (χ4v) is 4.29. The van der Waals surface area contributed by atoms with Gasteiger partial charge in [0.25, 0.3) is 0 Å². The molecule has 2 amide bonds. The molecule has 1 saturated heterocycles. The van der Waals surface area contributed by atoms with Crippen molar-refractivity contribution < 1.29 is 14.4 Å².